The van der Waals surface area contributed by atoms with Crippen LogP contribution in [0.15, 0.2) is 23.1 Å². The van der Waals surface area contributed by atoms with Crippen LogP contribution in [0.25, 0.3) is 11.4 Å². The Morgan fingerprint density at radius 2 is 2.21 bits per heavy atom. The monoisotopic (exact) mass is 278 g/mol. The maximum absolute atomic E-state index is 12.3. The molecule has 2 aromatic heterocycles. The molecule has 0 unspecified atom stereocenters. The van der Waals surface area contributed by atoms with Gasteiger partial charge in [0.15, 0.2) is 10.6 Å². The van der Waals surface area contributed by atoms with Crippen molar-refractivity contribution in [1.29, 1.82) is 0 Å². The molecule has 2 heterocycles. The smallest absolute Gasteiger partial charge is 0.261 e. The second-order valence-electron chi connectivity index (χ2n) is 4.87. The molecule has 0 aliphatic rings. The Morgan fingerprint density at radius 3 is 2.84 bits per heavy atom. The van der Waals surface area contributed by atoms with E-state index in [1.807, 2.05) is 17.6 Å². The molecular formula is C13H18N4OS. The van der Waals surface area contributed by atoms with Crippen molar-refractivity contribution < 1.29 is 0 Å². The van der Waals surface area contributed by atoms with E-state index in [1.165, 1.54) is 0 Å². The molecule has 0 aliphatic carbocycles. The number of pyridine rings is 1. The van der Waals surface area contributed by atoms with E-state index in [4.69, 9.17) is 12.2 Å². The summed E-state index contributed by atoms with van der Waals surface area (Å²) in [7, 11) is 0. The van der Waals surface area contributed by atoms with Crippen LogP contribution in [0.3, 0.4) is 0 Å². The van der Waals surface area contributed by atoms with Crippen LogP contribution in [0, 0.1) is 10.7 Å². The molecule has 5 nitrogen and oxygen atoms in total. The van der Waals surface area contributed by atoms with Crippen molar-refractivity contribution in [3.63, 3.8) is 0 Å². The van der Waals surface area contributed by atoms with Crippen LogP contribution in [0.5, 0.6) is 0 Å². The predicted molar refractivity (Wildman–Crippen MR) is 77.6 cm³/mol. The number of aryl methyl sites for hydroxylation is 1. The molecule has 6 heteroatoms. The van der Waals surface area contributed by atoms with E-state index in [2.05, 4.69) is 24.0 Å². The van der Waals surface area contributed by atoms with Crippen LogP contribution >= 0.6 is 12.2 Å². The summed E-state index contributed by atoms with van der Waals surface area (Å²) in [6, 6.07) is 3.65. The first-order valence-electron chi connectivity index (χ1n) is 6.39. The fraction of sp³-hybridized carbons (Fsp3) is 0.462. The van der Waals surface area contributed by atoms with Gasteiger partial charge in [0.1, 0.15) is 0 Å². The van der Waals surface area contributed by atoms with Crippen molar-refractivity contribution in [3.05, 3.63) is 33.5 Å². The molecular weight excluding hydrogens is 260 g/mol. The number of aromatic amines is 1. The topological polar surface area (TPSA) is 55.6 Å². The van der Waals surface area contributed by atoms with Gasteiger partial charge in [-0.05, 0) is 37.2 Å². The van der Waals surface area contributed by atoms with Crippen LogP contribution in [-0.4, -0.2) is 19.3 Å². The molecule has 0 aliphatic heterocycles. The van der Waals surface area contributed by atoms with Crippen molar-refractivity contribution in [2.75, 3.05) is 0 Å². The Bertz CT molecular complexity index is 680. The lowest BCUT2D eigenvalue weighted by Crippen LogP contribution is -2.21. The largest absolute Gasteiger partial charge is 0.315 e. The van der Waals surface area contributed by atoms with E-state index in [0.29, 0.717) is 28.6 Å². The van der Waals surface area contributed by atoms with Crippen LogP contribution in [0.4, 0.5) is 0 Å². The van der Waals surface area contributed by atoms with E-state index >= 15 is 0 Å². The Kier molecular flexibility index (Phi) is 3.99. The third-order valence-corrected chi connectivity index (χ3v) is 3.22. The lowest BCUT2D eigenvalue weighted by molar-refractivity contribution is 0.521. The van der Waals surface area contributed by atoms with Crippen LogP contribution in [-0.2, 0) is 13.1 Å². The van der Waals surface area contributed by atoms with E-state index in [1.54, 1.807) is 16.8 Å². The summed E-state index contributed by atoms with van der Waals surface area (Å²) in [5.74, 6) is 1.05. The summed E-state index contributed by atoms with van der Waals surface area (Å²) in [6.07, 6.45) is 1.78. The molecule has 0 spiro atoms. The summed E-state index contributed by atoms with van der Waals surface area (Å²) in [5.41, 5.74) is 0.543. The quantitative estimate of drug-likeness (QED) is 0.874. The fourth-order valence-electron chi connectivity index (χ4n) is 2.01. The number of hydrogen-bond acceptors (Lipinski definition) is 3. The third-order valence-electron chi connectivity index (χ3n) is 2.91. The van der Waals surface area contributed by atoms with E-state index in [0.717, 1.165) is 6.54 Å². The van der Waals surface area contributed by atoms with Gasteiger partial charge in [0.25, 0.3) is 5.56 Å². The zero-order chi connectivity index (χ0) is 14.0. The Hall–Kier alpha value is -1.69. The van der Waals surface area contributed by atoms with E-state index < -0.39 is 0 Å². The second kappa shape index (κ2) is 5.52. The Labute approximate surface area is 116 Å². The molecule has 102 valence electrons. The number of nitrogens with one attached hydrogen (secondary N) is 1. The number of rotatable bonds is 4. The molecule has 0 bridgehead atoms. The average molecular weight is 278 g/mol. The van der Waals surface area contributed by atoms with Gasteiger partial charge in [-0.25, -0.2) is 0 Å². The molecule has 0 saturated carbocycles. The molecule has 0 atom stereocenters. The van der Waals surface area contributed by atoms with Crippen LogP contribution < -0.4 is 5.56 Å². The number of aromatic nitrogens is 4. The summed E-state index contributed by atoms with van der Waals surface area (Å²) >= 11 is 5.23. The van der Waals surface area contributed by atoms with Gasteiger partial charge >= 0.3 is 0 Å². The third kappa shape index (κ3) is 2.68. The minimum Gasteiger partial charge on any atom is -0.315 e. The summed E-state index contributed by atoms with van der Waals surface area (Å²) in [6.45, 7) is 7.53. The first kappa shape index (κ1) is 13.7. The van der Waals surface area contributed by atoms with Crippen molar-refractivity contribution in [1.82, 2.24) is 19.3 Å². The van der Waals surface area contributed by atoms with Crippen molar-refractivity contribution >= 4 is 12.2 Å². The highest BCUT2D eigenvalue weighted by Gasteiger charge is 2.14. The molecule has 1 N–H and O–H groups in total. The van der Waals surface area contributed by atoms with Crippen molar-refractivity contribution in [2.24, 2.45) is 5.92 Å². The highest BCUT2D eigenvalue weighted by atomic mass is 32.1. The predicted octanol–water partition coefficient (Wildman–Crippen LogP) is 2.45. The van der Waals surface area contributed by atoms with Crippen LogP contribution in [0.1, 0.15) is 20.8 Å². The minimum absolute atomic E-state index is 0.0380. The summed E-state index contributed by atoms with van der Waals surface area (Å²) < 4.78 is 4.10. The molecule has 2 aromatic rings. The molecule has 2 rings (SSSR count). The lowest BCUT2D eigenvalue weighted by atomic mass is 10.2. The maximum atomic E-state index is 12.3. The summed E-state index contributed by atoms with van der Waals surface area (Å²) in [5, 5.41) is 6.98. The van der Waals surface area contributed by atoms with Crippen LogP contribution in [0.2, 0.25) is 0 Å². The first-order chi connectivity index (χ1) is 9.04. The molecule has 0 aromatic carbocycles. The van der Waals surface area contributed by atoms with Gasteiger partial charge < -0.3 is 4.57 Å². The van der Waals surface area contributed by atoms with Gasteiger partial charge in [-0.1, -0.05) is 13.8 Å². The number of hydrogen-bond donors (Lipinski definition) is 1. The molecule has 19 heavy (non-hydrogen) atoms. The van der Waals surface area contributed by atoms with Gasteiger partial charge in [0.05, 0.1) is 5.56 Å². The molecule has 0 saturated heterocycles. The SMILES string of the molecule is CCn1cccc(-c2n[nH]c(=S)n2CC(C)C)c1=O. The van der Waals surface area contributed by atoms with Crippen molar-refractivity contribution in [3.8, 4) is 11.4 Å². The number of nitrogens with zero attached hydrogens (tertiary/aromatic N) is 3. The van der Waals surface area contributed by atoms with E-state index in [9.17, 15) is 4.79 Å². The first-order valence-corrected chi connectivity index (χ1v) is 6.80. The molecule has 0 radical (unpaired) electrons. The highest BCUT2D eigenvalue weighted by molar-refractivity contribution is 7.71. The average Bonchev–Trinajstić information content (AvgIpc) is 2.71. The summed E-state index contributed by atoms with van der Waals surface area (Å²) in [4.78, 5) is 12.3. The van der Waals surface area contributed by atoms with Gasteiger partial charge in [0, 0.05) is 19.3 Å². The van der Waals surface area contributed by atoms with Gasteiger partial charge in [-0.3, -0.25) is 14.5 Å². The zero-order valence-corrected chi connectivity index (χ0v) is 12.2. The van der Waals surface area contributed by atoms with Crippen molar-refractivity contribution in [2.45, 2.75) is 33.9 Å². The van der Waals surface area contributed by atoms with Gasteiger partial charge in [-0.2, -0.15) is 5.10 Å². The van der Waals surface area contributed by atoms with Gasteiger partial charge in [-0.15, -0.1) is 0 Å². The Balaban J connectivity index is 2.60. The normalized spacial score (nSPS) is 11.2. The van der Waals surface area contributed by atoms with E-state index in [-0.39, 0.29) is 5.56 Å². The van der Waals surface area contributed by atoms with Gasteiger partial charge in [0.2, 0.25) is 0 Å². The standard InChI is InChI=1S/C13H18N4OS/c1-4-16-7-5-6-10(12(16)18)11-14-15-13(19)17(11)8-9(2)3/h5-7,9H,4,8H2,1-3H3,(H,15,19). The fourth-order valence-corrected chi connectivity index (χ4v) is 2.22. The molecule has 0 fully saturated rings. The highest BCUT2D eigenvalue weighted by Crippen LogP contribution is 2.14. The zero-order valence-electron chi connectivity index (χ0n) is 11.4. The lowest BCUT2D eigenvalue weighted by Gasteiger charge is -2.10. The Morgan fingerprint density at radius 1 is 1.47 bits per heavy atom. The minimum atomic E-state index is -0.0380. The maximum Gasteiger partial charge on any atom is 0.261 e. The second-order valence-corrected chi connectivity index (χ2v) is 5.26. The number of H-pyrrole nitrogens is 1. The molecule has 0 amide bonds.